The third-order valence-electron chi connectivity index (χ3n) is 12.3. The number of ether oxygens (including phenoxy) is 5. The molecule has 1 fully saturated rings. The lowest BCUT2D eigenvalue weighted by atomic mass is 9.89. The number of benzene rings is 7. The Labute approximate surface area is 409 Å². The lowest BCUT2D eigenvalue weighted by Gasteiger charge is -2.47. The Bertz CT molecular complexity index is 2550. The summed E-state index contributed by atoms with van der Waals surface area (Å²) in [7, 11) is -3.02. The summed E-state index contributed by atoms with van der Waals surface area (Å²) in [5.74, 6) is -0.119. The van der Waals surface area contributed by atoms with Crippen LogP contribution in [0.2, 0.25) is 10.1 Å². The highest BCUT2D eigenvalue weighted by Gasteiger charge is 2.52. The predicted molar refractivity (Wildman–Crippen MR) is 272 cm³/mol. The van der Waals surface area contributed by atoms with E-state index in [-0.39, 0.29) is 42.2 Å². The number of aromatic hydroxyl groups is 1. The van der Waals surface area contributed by atoms with Crippen LogP contribution in [0.3, 0.4) is 0 Å². The van der Waals surface area contributed by atoms with E-state index in [0.29, 0.717) is 28.8 Å². The highest BCUT2D eigenvalue weighted by Crippen LogP contribution is 2.47. The second-order valence-electron chi connectivity index (χ2n) is 17.9. The van der Waals surface area contributed by atoms with Gasteiger partial charge in [-0.2, -0.15) is 0 Å². The standard InChI is InChI=1S/C57H58BrClO7Si/c1-57(2,3)67(46-30-18-8-19-31-46,47-32-20-9-21-33-47)65-39-45-34-48(50(58)52(60)51(45)59)53-55(63-37-43-26-14-6-15-27-43)56(64-38-44-28-16-7-17-29-44)54(62-36-42-24-12-5-13-25-42)49(66-53)40-61-35-41-22-10-4-11-23-41/h4-34,49,53-56,60H,35-40H2,1-3H3/t49-,53?,54-,55+,56+/m1/s1. The van der Waals surface area contributed by atoms with Gasteiger partial charge in [-0.15, -0.1) is 0 Å². The fourth-order valence-electron chi connectivity index (χ4n) is 9.00. The number of phenolic OH excluding ortho intramolecular Hbond substituents is 1. The van der Waals surface area contributed by atoms with Crippen molar-refractivity contribution in [1.82, 2.24) is 0 Å². The number of hydrogen-bond acceptors (Lipinski definition) is 7. The molecular formula is C57H58BrClO7Si. The first-order valence-electron chi connectivity index (χ1n) is 22.8. The van der Waals surface area contributed by atoms with Crippen molar-refractivity contribution in [3.8, 4) is 5.75 Å². The summed E-state index contributed by atoms with van der Waals surface area (Å²) in [5.41, 5.74) is 5.26. The van der Waals surface area contributed by atoms with Crippen molar-refractivity contribution in [3.05, 3.63) is 231 Å². The molecule has 1 unspecified atom stereocenters. The molecule has 5 atom stereocenters. The first kappa shape index (κ1) is 48.5. The molecule has 346 valence electrons. The van der Waals surface area contributed by atoms with Crippen LogP contribution in [0.25, 0.3) is 0 Å². The molecule has 1 aliphatic heterocycles. The average Bonchev–Trinajstić information content (AvgIpc) is 3.36. The molecule has 1 saturated heterocycles. The molecule has 1 aliphatic rings. The Morgan fingerprint density at radius 3 is 1.40 bits per heavy atom. The third-order valence-corrected chi connectivity index (χ3v) is 18.6. The van der Waals surface area contributed by atoms with Gasteiger partial charge in [0, 0.05) is 5.56 Å². The molecule has 7 aromatic rings. The second kappa shape index (κ2) is 22.9. The van der Waals surface area contributed by atoms with Crippen LogP contribution in [0.4, 0.5) is 0 Å². The summed E-state index contributed by atoms with van der Waals surface area (Å²) in [6.07, 6.45) is -3.53. The smallest absolute Gasteiger partial charge is 0.261 e. The molecule has 7 aromatic carbocycles. The van der Waals surface area contributed by atoms with Crippen molar-refractivity contribution in [2.45, 2.75) is 89.4 Å². The van der Waals surface area contributed by atoms with Gasteiger partial charge in [-0.05, 0) is 65.2 Å². The zero-order valence-corrected chi connectivity index (χ0v) is 41.5. The summed E-state index contributed by atoms with van der Waals surface area (Å²) in [4.78, 5) is 0. The number of hydrogen-bond donors (Lipinski definition) is 1. The molecule has 0 spiro atoms. The van der Waals surface area contributed by atoms with E-state index in [4.69, 9.17) is 39.7 Å². The van der Waals surface area contributed by atoms with Crippen LogP contribution in [-0.2, 0) is 61.1 Å². The summed E-state index contributed by atoms with van der Waals surface area (Å²) >= 11 is 11.0. The molecular weight excluding hydrogens is 940 g/mol. The molecule has 67 heavy (non-hydrogen) atoms. The van der Waals surface area contributed by atoms with Crippen molar-refractivity contribution < 1.29 is 33.2 Å². The van der Waals surface area contributed by atoms with Gasteiger partial charge in [-0.25, -0.2) is 0 Å². The van der Waals surface area contributed by atoms with Crippen molar-refractivity contribution >= 4 is 46.2 Å². The van der Waals surface area contributed by atoms with E-state index < -0.39 is 38.8 Å². The Morgan fingerprint density at radius 2 is 0.955 bits per heavy atom. The van der Waals surface area contributed by atoms with Crippen LogP contribution in [0, 0.1) is 0 Å². The minimum atomic E-state index is -3.02. The van der Waals surface area contributed by atoms with E-state index in [1.54, 1.807) is 0 Å². The maximum atomic E-state index is 12.0. The van der Waals surface area contributed by atoms with Crippen LogP contribution in [0.1, 0.15) is 60.3 Å². The Morgan fingerprint density at radius 1 is 0.552 bits per heavy atom. The van der Waals surface area contributed by atoms with Crippen LogP contribution >= 0.6 is 27.5 Å². The van der Waals surface area contributed by atoms with Gasteiger partial charge in [0.05, 0.1) is 49.1 Å². The zero-order valence-electron chi connectivity index (χ0n) is 38.2. The summed E-state index contributed by atoms with van der Waals surface area (Å²) in [6, 6.07) is 63.2. The van der Waals surface area contributed by atoms with Gasteiger partial charge in [0.15, 0.2) is 0 Å². The van der Waals surface area contributed by atoms with Gasteiger partial charge in [-0.1, -0.05) is 214 Å². The molecule has 10 heteroatoms. The average molecular weight is 999 g/mol. The zero-order chi connectivity index (χ0) is 46.6. The molecule has 0 amide bonds. The van der Waals surface area contributed by atoms with Crippen LogP contribution in [0.15, 0.2) is 193 Å². The number of phenols is 1. The Kier molecular flexibility index (Phi) is 16.6. The molecule has 0 radical (unpaired) electrons. The molecule has 1 heterocycles. The van der Waals surface area contributed by atoms with Crippen LogP contribution in [0.5, 0.6) is 5.75 Å². The maximum absolute atomic E-state index is 12.0. The molecule has 1 N–H and O–H groups in total. The summed E-state index contributed by atoms with van der Waals surface area (Å²) < 4.78 is 42.6. The molecule has 0 aliphatic carbocycles. The van der Waals surface area contributed by atoms with Crippen molar-refractivity contribution in [3.63, 3.8) is 0 Å². The number of rotatable bonds is 19. The van der Waals surface area contributed by atoms with E-state index in [0.717, 1.165) is 32.6 Å². The molecule has 7 nitrogen and oxygen atoms in total. The van der Waals surface area contributed by atoms with Gasteiger partial charge >= 0.3 is 0 Å². The van der Waals surface area contributed by atoms with Gasteiger partial charge < -0.3 is 33.2 Å². The van der Waals surface area contributed by atoms with Crippen molar-refractivity contribution in [1.29, 1.82) is 0 Å². The third kappa shape index (κ3) is 11.7. The topological polar surface area (TPSA) is 75.6 Å². The minimum absolute atomic E-state index is 0.114. The predicted octanol–water partition coefficient (Wildman–Crippen LogP) is 12.3. The SMILES string of the molecule is CC(C)(C)[Si](OCc1cc(C2O[C@H](COCc3ccccc3)[C@@H](OCc3ccccc3)[C@H](OCc3ccccc3)[C@H]2OCc2ccccc2)c(Br)c(O)c1Cl)(c1ccccc1)c1ccccc1. The molecule has 0 bridgehead atoms. The first-order chi connectivity index (χ1) is 32.6. The van der Waals surface area contributed by atoms with Gasteiger partial charge in [-0.3, -0.25) is 0 Å². The van der Waals surface area contributed by atoms with Crippen LogP contribution < -0.4 is 10.4 Å². The fraction of sp³-hybridized carbons (Fsp3) is 0.263. The molecule has 0 aromatic heterocycles. The minimum Gasteiger partial charge on any atom is -0.505 e. The van der Waals surface area contributed by atoms with E-state index in [1.165, 1.54) is 0 Å². The monoisotopic (exact) mass is 996 g/mol. The van der Waals surface area contributed by atoms with Gasteiger partial charge in [0.2, 0.25) is 0 Å². The van der Waals surface area contributed by atoms with E-state index in [1.807, 2.05) is 140 Å². The highest BCUT2D eigenvalue weighted by atomic mass is 79.9. The van der Waals surface area contributed by atoms with E-state index in [2.05, 4.69) is 85.2 Å². The second-order valence-corrected chi connectivity index (χ2v) is 23.4. The van der Waals surface area contributed by atoms with E-state index >= 15 is 0 Å². The van der Waals surface area contributed by atoms with Gasteiger partial charge in [0.25, 0.3) is 8.32 Å². The van der Waals surface area contributed by atoms with Crippen molar-refractivity contribution in [2.24, 2.45) is 0 Å². The molecule has 8 rings (SSSR count). The van der Waals surface area contributed by atoms with Crippen LogP contribution in [-0.4, -0.2) is 44.4 Å². The normalized spacial score (nSPS) is 18.7. The largest absolute Gasteiger partial charge is 0.505 e. The quantitative estimate of drug-likeness (QED) is 0.0809. The summed E-state index contributed by atoms with van der Waals surface area (Å²) in [6.45, 7) is 8.24. The Balaban J connectivity index is 1.22. The Hall–Kier alpha value is -4.91. The van der Waals surface area contributed by atoms with Crippen molar-refractivity contribution in [2.75, 3.05) is 6.61 Å². The molecule has 0 saturated carbocycles. The summed E-state index contributed by atoms with van der Waals surface area (Å²) in [5, 5.41) is 14.2. The van der Waals surface area contributed by atoms with Gasteiger partial charge in [0.1, 0.15) is 36.3 Å². The first-order valence-corrected chi connectivity index (χ1v) is 25.9. The lowest BCUT2D eigenvalue weighted by molar-refractivity contribution is -0.275. The lowest BCUT2D eigenvalue weighted by Crippen LogP contribution is -2.66. The number of halogens is 2. The highest BCUT2D eigenvalue weighted by molar-refractivity contribution is 9.10. The fourth-order valence-corrected chi connectivity index (χ4v) is 14.4. The van der Waals surface area contributed by atoms with E-state index in [9.17, 15) is 5.11 Å². The maximum Gasteiger partial charge on any atom is 0.261 e.